The van der Waals surface area contributed by atoms with Crippen LogP contribution in [-0.4, -0.2) is 33.9 Å². The Balaban J connectivity index is 1.74. The number of hydrogen-bond donors (Lipinski definition) is 2. The van der Waals surface area contributed by atoms with Crippen molar-refractivity contribution in [1.82, 2.24) is 9.99 Å². The van der Waals surface area contributed by atoms with Crippen LogP contribution in [0.5, 0.6) is 5.75 Å². The summed E-state index contributed by atoms with van der Waals surface area (Å²) in [5, 5.41) is 13.0. The standard InChI is InChI=1S/C22H21N3O4/c1-2-19(16-9-11-17(12-10-16)29-15-21(26)27)23-24-22(28)18-7-3-4-8-20(18)25-13-5-6-14-25/h3-14H,2,15H2,1H3,(H,24,28)(H,26,27)/b23-19-. The first-order valence-electron chi connectivity index (χ1n) is 9.12. The molecule has 1 aromatic heterocycles. The van der Waals surface area contributed by atoms with E-state index in [0.717, 1.165) is 11.3 Å². The van der Waals surface area contributed by atoms with E-state index in [0.29, 0.717) is 23.4 Å². The molecular formula is C22H21N3O4. The van der Waals surface area contributed by atoms with E-state index in [2.05, 4.69) is 10.5 Å². The molecule has 0 radical (unpaired) electrons. The molecule has 2 N–H and O–H groups in total. The van der Waals surface area contributed by atoms with Crippen LogP contribution in [0.3, 0.4) is 0 Å². The fraction of sp³-hybridized carbons (Fsp3) is 0.136. The van der Waals surface area contributed by atoms with Gasteiger partial charge in [0.25, 0.3) is 5.91 Å². The van der Waals surface area contributed by atoms with Gasteiger partial charge >= 0.3 is 5.97 Å². The second-order valence-corrected chi connectivity index (χ2v) is 6.17. The van der Waals surface area contributed by atoms with Crippen molar-refractivity contribution < 1.29 is 19.4 Å². The highest BCUT2D eigenvalue weighted by molar-refractivity contribution is 6.03. The molecule has 0 saturated heterocycles. The number of carboxylic acids is 1. The predicted molar refractivity (Wildman–Crippen MR) is 110 cm³/mol. The highest BCUT2D eigenvalue weighted by Gasteiger charge is 2.12. The number of hydrogen-bond acceptors (Lipinski definition) is 4. The van der Waals surface area contributed by atoms with Crippen molar-refractivity contribution in [3.63, 3.8) is 0 Å². The van der Waals surface area contributed by atoms with E-state index < -0.39 is 12.6 Å². The molecule has 0 aliphatic rings. The van der Waals surface area contributed by atoms with Crippen molar-refractivity contribution in [2.45, 2.75) is 13.3 Å². The second kappa shape index (κ2) is 9.36. The highest BCUT2D eigenvalue weighted by Crippen LogP contribution is 2.16. The number of benzene rings is 2. The number of carboxylic acid groups (broad SMARTS) is 1. The van der Waals surface area contributed by atoms with Crippen molar-refractivity contribution in [3.05, 3.63) is 84.2 Å². The number of carbonyl (C=O) groups is 2. The molecule has 3 rings (SSSR count). The summed E-state index contributed by atoms with van der Waals surface area (Å²) < 4.78 is 7.00. The zero-order valence-corrected chi connectivity index (χ0v) is 15.9. The van der Waals surface area contributed by atoms with Gasteiger partial charge in [-0.05, 0) is 60.5 Å². The number of para-hydroxylation sites is 1. The molecule has 1 amide bonds. The minimum Gasteiger partial charge on any atom is -0.482 e. The van der Waals surface area contributed by atoms with Crippen molar-refractivity contribution >= 4 is 17.6 Å². The minimum absolute atomic E-state index is 0.304. The zero-order valence-electron chi connectivity index (χ0n) is 15.9. The Kier molecular flexibility index (Phi) is 6.42. The van der Waals surface area contributed by atoms with E-state index in [1.807, 2.05) is 54.2 Å². The molecule has 0 aliphatic carbocycles. The van der Waals surface area contributed by atoms with Gasteiger partial charge in [0.05, 0.1) is 17.0 Å². The monoisotopic (exact) mass is 391 g/mol. The molecule has 0 unspecified atom stereocenters. The van der Waals surface area contributed by atoms with Gasteiger partial charge in [0.15, 0.2) is 6.61 Å². The van der Waals surface area contributed by atoms with Gasteiger partial charge in [0.1, 0.15) is 5.75 Å². The van der Waals surface area contributed by atoms with Crippen molar-refractivity contribution in [3.8, 4) is 11.4 Å². The van der Waals surface area contributed by atoms with Gasteiger partial charge in [-0.3, -0.25) is 4.79 Å². The van der Waals surface area contributed by atoms with Gasteiger partial charge in [-0.15, -0.1) is 0 Å². The average Bonchev–Trinajstić information content (AvgIpc) is 3.28. The van der Waals surface area contributed by atoms with E-state index in [-0.39, 0.29) is 5.91 Å². The lowest BCUT2D eigenvalue weighted by Gasteiger charge is -2.10. The van der Waals surface area contributed by atoms with Gasteiger partial charge in [0, 0.05) is 12.4 Å². The Morgan fingerprint density at radius 3 is 2.38 bits per heavy atom. The van der Waals surface area contributed by atoms with E-state index in [9.17, 15) is 9.59 Å². The second-order valence-electron chi connectivity index (χ2n) is 6.17. The van der Waals surface area contributed by atoms with Crippen LogP contribution in [0.4, 0.5) is 0 Å². The third-order valence-corrected chi connectivity index (χ3v) is 4.21. The topological polar surface area (TPSA) is 92.9 Å². The first kappa shape index (κ1) is 19.9. The van der Waals surface area contributed by atoms with Gasteiger partial charge in [-0.2, -0.15) is 5.10 Å². The maximum atomic E-state index is 12.7. The quantitative estimate of drug-likeness (QED) is 0.454. The number of aliphatic carboxylic acids is 1. The number of nitrogens with one attached hydrogen (secondary N) is 1. The van der Waals surface area contributed by atoms with Crippen LogP contribution in [0.2, 0.25) is 0 Å². The summed E-state index contributed by atoms with van der Waals surface area (Å²) in [5.41, 5.74) is 5.42. The molecule has 0 fully saturated rings. The molecule has 0 bridgehead atoms. The summed E-state index contributed by atoms with van der Waals surface area (Å²) in [7, 11) is 0. The summed E-state index contributed by atoms with van der Waals surface area (Å²) in [6.45, 7) is 1.54. The summed E-state index contributed by atoms with van der Waals surface area (Å²) in [5.74, 6) is -0.884. The molecule has 1 heterocycles. The number of hydrazone groups is 1. The smallest absolute Gasteiger partial charge is 0.341 e. The van der Waals surface area contributed by atoms with Crippen molar-refractivity contribution in [2.24, 2.45) is 5.10 Å². The SMILES string of the molecule is CC/C(=N/NC(=O)c1ccccc1-n1cccc1)c1ccc(OCC(=O)O)cc1. The molecule has 7 nitrogen and oxygen atoms in total. The average molecular weight is 391 g/mol. The predicted octanol–water partition coefficient (Wildman–Crippen LogP) is 3.48. The number of nitrogens with zero attached hydrogens (tertiary/aromatic N) is 2. The van der Waals surface area contributed by atoms with Crippen LogP contribution in [0, 0.1) is 0 Å². The zero-order chi connectivity index (χ0) is 20.6. The normalized spacial score (nSPS) is 11.1. The van der Waals surface area contributed by atoms with Gasteiger partial charge in [-0.1, -0.05) is 19.1 Å². The van der Waals surface area contributed by atoms with Crippen LogP contribution < -0.4 is 10.2 Å². The van der Waals surface area contributed by atoms with Crippen LogP contribution in [-0.2, 0) is 4.79 Å². The molecule has 0 saturated carbocycles. The van der Waals surface area contributed by atoms with Crippen molar-refractivity contribution in [1.29, 1.82) is 0 Å². The largest absolute Gasteiger partial charge is 0.482 e. The van der Waals surface area contributed by atoms with Gasteiger partial charge in [-0.25, -0.2) is 10.2 Å². The molecule has 7 heteroatoms. The Morgan fingerprint density at radius 2 is 1.72 bits per heavy atom. The summed E-state index contributed by atoms with van der Waals surface area (Å²) in [6.07, 6.45) is 4.36. The van der Waals surface area contributed by atoms with Crippen LogP contribution in [0.25, 0.3) is 5.69 Å². The van der Waals surface area contributed by atoms with Crippen molar-refractivity contribution in [2.75, 3.05) is 6.61 Å². The maximum Gasteiger partial charge on any atom is 0.341 e. The molecule has 0 atom stereocenters. The lowest BCUT2D eigenvalue weighted by atomic mass is 10.1. The number of ether oxygens (including phenoxy) is 1. The Hall–Kier alpha value is -3.87. The lowest BCUT2D eigenvalue weighted by Crippen LogP contribution is -2.21. The summed E-state index contributed by atoms with van der Waals surface area (Å²) in [4.78, 5) is 23.3. The molecule has 0 aliphatic heterocycles. The Bertz CT molecular complexity index is 1010. The van der Waals surface area contributed by atoms with Crippen LogP contribution in [0.1, 0.15) is 29.3 Å². The maximum absolute atomic E-state index is 12.7. The first-order valence-corrected chi connectivity index (χ1v) is 9.12. The molecule has 29 heavy (non-hydrogen) atoms. The summed E-state index contributed by atoms with van der Waals surface area (Å²) in [6, 6.07) is 18.0. The molecule has 2 aromatic carbocycles. The van der Waals surface area contributed by atoms with E-state index in [4.69, 9.17) is 9.84 Å². The third-order valence-electron chi connectivity index (χ3n) is 4.21. The molecule has 148 valence electrons. The lowest BCUT2D eigenvalue weighted by molar-refractivity contribution is -0.139. The van der Waals surface area contributed by atoms with Gasteiger partial charge in [0.2, 0.25) is 0 Å². The van der Waals surface area contributed by atoms with Gasteiger partial charge < -0.3 is 14.4 Å². The van der Waals surface area contributed by atoms with Crippen LogP contribution in [0.15, 0.2) is 78.2 Å². The molecule has 3 aromatic rings. The number of carbonyl (C=O) groups excluding carboxylic acids is 1. The van der Waals surface area contributed by atoms with Crippen LogP contribution >= 0.6 is 0 Å². The minimum atomic E-state index is -1.03. The summed E-state index contributed by atoms with van der Waals surface area (Å²) >= 11 is 0. The molecule has 0 spiro atoms. The third kappa shape index (κ3) is 5.10. The fourth-order valence-electron chi connectivity index (χ4n) is 2.80. The molecular weight excluding hydrogens is 370 g/mol. The van der Waals surface area contributed by atoms with E-state index in [1.165, 1.54) is 0 Å². The number of aromatic nitrogens is 1. The Labute approximate surface area is 168 Å². The number of rotatable bonds is 8. The number of amides is 1. The van der Waals surface area contributed by atoms with E-state index >= 15 is 0 Å². The van der Waals surface area contributed by atoms with E-state index in [1.54, 1.807) is 30.3 Å². The highest BCUT2D eigenvalue weighted by atomic mass is 16.5. The first-order chi connectivity index (χ1) is 14.1. The fourth-order valence-corrected chi connectivity index (χ4v) is 2.80. The Morgan fingerprint density at radius 1 is 1.03 bits per heavy atom.